The third-order valence-corrected chi connectivity index (χ3v) is 3.72. The van der Waals surface area contributed by atoms with Crippen LogP contribution in [0.4, 0.5) is 5.69 Å². The monoisotopic (exact) mass is 218 g/mol. The molecule has 1 saturated heterocycles. The zero-order chi connectivity index (χ0) is 11.0. The Labute approximate surface area is 96.4 Å². The Kier molecular flexibility index (Phi) is 2.48. The van der Waals surface area contributed by atoms with E-state index in [4.69, 9.17) is 4.74 Å². The summed E-state index contributed by atoms with van der Waals surface area (Å²) in [5.74, 6) is 1.05. The molecule has 0 aromatic heterocycles. The van der Waals surface area contributed by atoms with Gasteiger partial charge < -0.3 is 15.0 Å². The van der Waals surface area contributed by atoms with E-state index in [0.29, 0.717) is 6.04 Å². The van der Waals surface area contributed by atoms with E-state index < -0.39 is 0 Å². The highest BCUT2D eigenvalue weighted by molar-refractivity contribution is 5.62. The van der Waals surface area contributed by atoms with E-state index in [9.17, 15) is 0 Å². The van der Waals surface area contributed by atoms with Crippen molar-refractivity contribution in [3.63, 3.8) is 0 Å². The van der Waals surface area contributed by atoms with Gasteiger partial charge in [0.1, 0.15) is 5.75 Å². The van der Waals surface area contributed by atoms with Crippen molar-refractivity contribution < 1.29 is 4.74 Å². The molecule has 1 aromatic carbocycles. The Morgan fingerprint density at radius 3 is 3.25 bits per heavy atom. The van der Waals surface area contributed by atoms with Crippen LogP contribution in [0.2, 0.25) is 0 Å². The highest BCUT2D eigenvalue weighted by Crippen LogP contribution is 2.36. The summed E-state index contributed by atoms with van der Waals surface area (Å²) in [7, 11) is 1.76. The van der Waals surface area contributed by atoms with E-state index in [2.05, 4.69) is 28.4 Å². The van der Waals surface area contributed by atoms with Crippen molar-refractivity contribution in [1.82, 2.24) is 5.32 Å². The van der Waals surface area contributed by atoms with Crippen molar-refractivity contribution in [2.75, 3.05) is 31.6 Å². The Hall–Kier alpha value is -1.22. The first kappa shape index (κ1) is 9.97. The molecule has 86 valence electrons. The topological polar surface area (TPSA) is 24.5 Å². The lowest BCUT2D eigenvalue weighted by molar-refractivity contribution is 0.396. The number of piperazine rings is 1. The first-order valence-electron chi connectivity index (χ1n) is 6.03. The number of fused-ring (bicyclic) bond motifs is 3. The zero-order valence-corrected chi connectivity index (χ0v) is 9.70. The van der Waals surface area contributed by atoms with Crippen molar-refractivity contribution in [3.05, 3.63) is 23.8 Å². The summed E-state index contributed by atoms with van der Waals surface area (Å²) in [5, 5.41) is 3.47. The van der Waals surface area contributed by atoms with Crippen molar-refractivity contribution in [2.45, 2.75) is 18.9 Å². The number of ether oxygens (including phenoxy) is 1. The first-order chi connectivity index (χ1) is 7.90. The van der Waals surface area contributed by atoms with E-state index in [1.165, 1.54) is 17.7 Å². The highest BCUT2D eigenvalue weighted by atomic mass is 16.5. The molecular weight excluding hydrogens is 200 g/mol. The van der Waals surface area contributed by atoms with Gasteiger partial charge in [0.2, 0.25) is 0 Å². The lowest BCUT2D eigenvalue weighted by Gasteiger charge is -2.42. The van der Waals surface area contributed by atoms with Crippen LogP contribution < -0.4 is 15.0 Å². The smallest absolute Gasteiger partial charge is 0.124 e. The van der Waals surface area contributed by atoms with E-state index in [1.54, 1.807) is 7.11 Å². The summed E-state index contributed by atoms with van der Waals surface area (Å²) in [6.07, 6.45) is 2.38. The summed E-state index contributed by atoms with van der Waals surface area (Å²) < 4.78 is 5.45. The summed E-state index contributed by atoms with van der Waals surface area (Å²) >= 11 is 0. The van der Waals surface area contributed by atoms with Gasteiger partial charge in [0.25, 0.3) is 0 Å². The van der Waals surface area contributed by atoms with Gasteiger partial charge in [-0.25, -0.2) is 0 Å². The summed E-state index contributed by atoms with van der Waals surface area (Å²) in [6, 6.07) is 7.08. The number of nitrogens with one attached hydrogen (secondary N) is 1. The van der Waals surface area contributed by atoms with Crippen LogP contribution in [0.5, 0.6) is 5.75 Å². The van der Waals surface area contributed by atoms with Crippen LogP contribution in [0.25, 0.3) is 0 Å². The maximum atomic E-state index is 5.45. The predicted molar refractivity (Wildman–Crippen MR) is 65.3 cm³/mol. The van der Waals surface area contributed by atoms with Crippen LogP contribution in [0.15, 0.2) is 18.2 Å². The molecule has 1 aromatic rings. The number of rotatable bonds is 1. The number of hydrogen-bond acceptors (Lipinski definition) is 3. The minimum Gasteiger partial charge on any atom is -0.496 e. The number of nitrogens with zero attached hydrogens (tertiary/aromatic N) is 1. The van der Waals surface area contributed by atoms with Crippen molar-refractivity contribution >= 4 is 5.69 Å². The fraction of sp³-hybridized carbons (Fsp3) is 0.538. The average molecular weight is 218 g/mol. The molecule has 0 bridgehead atoms. The molecule has 2 heterocycles. The first-order valence-corrected chi connectivity index (χ1v) is 6.03. The fourth-order valence-electron chi connectivity index (χ4n) is 2.91. The molecule has 16 heavy (non-hydrogen) atoms. The van der Waals surface area contributed by atoms with Gasteiger partial charge in [0, 0.05) is 36.9 Å². The van der Waals surface area contributed by atoms with Crippen molar-refractivity contribution in [3.8, 4) is 5.75 Å². The Balaban J connectivity index is 2.01. The summed E-state index contributed by atoms with van der Waals surface area (Å²) in [4.78, 5) is 2.54. The molecule has 3 rings (SSSR count). The molecule has 2 aliphatic heterocycles. The zero-order valence-electron chi connectivity index (χ0n) is 9.70. The van der Waals surface area contributed by atoms with E-state index >= 15 is 0 Å². The quantitative estimate of drug-likeness (QED) is 0.771. The standard InChI is InChI=1S/C13H18N2O/c1-16-13-4-2-3-12-11(13)6-5-10-9-14-7-8-15(10)12/h2-4,10,14H,5-9H2,1H3. The molecule has 2 aliphatic rings. The largest absolute Gasteiger partial charge is 0.496 e. The molecule has 0 amide bonds. The fourth-order valence-corrected chi connectivity index (χ4v) is 2.91. The van der Waals surface area contributed by atoms with Crippen LogP contribution >= 0.6 is 0 Å². The SMILES string of the molecule is COc1cccc2c1CCC1CNCCN21. The predicted octanol–water partition coefficient (Wildman–Crippen LogP) is 1.42. The second-order valence-corrected chi connectivity index (χ2v) is 4.55. The number of hydrogen-bond donors (Lipinski definition) is 1. The second kappa shape index (κ2) is 3.98. The maximum absolute atomic E-state index is 5.45. The van der Waals surface area contributed by atoms with Gasteiger partial charge >= 0.3 is 0 Å². The molecule has 3 heteroatoms. The Morgan fingerprint density at radius 2 is 2.38 bits per heavy atom. The molecule has 1 fully saturated rings. The lowest BCUT2D eigenvalue weighted by atomic mass is 9.94. The average Bonchev–Trinajstić information content (AvgIpc) is 2.37. The molecule has 0 spiro atoms. The Morgan fingerprint density at radius 1 is 1.44 bits per heavy atom. The third kappa shape index (κ3) is 1.47. The summed E-state index contributed by atoms with van der Waals surface area (Å²) in [5.41, 5.74) is 2.78. The molecule has 3 nitrogen and oxygen atoms in total. The van der Waals surface area contributed by atoms with E-state index in [0.717, 1.165) is 31.8 Å². The van der Waals surface area contributed by atoms with E-state index in [1.807, 2.05) is 0 Å². The van der Waals surface area contributed by atoms with Crippen molar-refractivity contribution in [2.24, 2.45) is 0 Å². The normalized spacial score (nSPS) is 23.6. The van der Waals surface area contributed by atoms with Gasteiger partial charge in [0.15, 0.2) is 0 Å². The molecule has 0 aliphatic carbocycles. The van der Waals surface area contributed by atoms with Gasteiger partial charge in [0.05, 0.1) is 7.11 Å². The van der Waals surface area contributed by atoms with Crippen LogP contribution in [0.3, 0.4) is 0 Å². The minimum atomic E-state index is 0.674. The molecule has 0 radical (unpaired) electrons. The van der Waals surface area contributed by atoms with Crippen molar-refractivity contribution in [1.29, 1.82) is 0 Å². The van der Waals surface area contributed by atoms with Gasteiger partial charge in [-0.1, -0.05) is 6.07 Å². The number of methoxy groups -OCH3 is 1. The van der Waals surface area contributed by atoms with Gasteiger partial charge in [-0.05, 0) is 25.0 Å². The molecule has 1 N–H and O–H groups in total. The van der Waals surface area contributed by atoms with Gasteiger partial charge in [-0.15, -0.1) is 0 Å². The molecule has 0 saturated carbocycles. The van der Waals surface area contributed by atoms with Gasteiger partial charge in [-0.3, -0.25) is 0 Å². The minimum absolute atomic E-state index is 0.674. The van der Waals surface area contributed by atoms with Crippen LogP contribution in [0.1, 0.15) is 12.0 Å². The van der Waals surface area contributed by atoms with Crippen LogP contribution in [-0.2, 0) is 6.42 Å². The molecule has 1 unspecified atom stereocenters. The maximum Gasteiger partial charge on any atom is 0.124 e. The number of benzene rings is 1. The molecule has 1 atom stereocenters. The van der Waals surface area contributed by atoms with E-state index in [-0.39, 0.29) is 0 Å². The number of anilines is 1. The van der Waals surface area contributed by atoms with Crippen LogP contribution in [0, 0.1) is 0 Å². The molecular formula is C13H18N2O. The Bertz CT molecular complexity index is 392. The lowest BCUT2D eigenvalue weighted by Crippen LogP contribution is -2.53. The third-order valence-electron chi connectivity index (χ3n) is 3.72. The van der Waals surface area contributed by atoms with Gasteiger partial charge in [-0.2, -0.15) is 0 Å². The highest BCUT2D eigenvalue weighted by Gasteiger charge is 2.29. The second-order valence-electron chi connectivity index (χ2n) is 4.55. The van der Waals surface area contributed by atoms with Crippen LogP contribution in [-0.4, -0.2) is 32.8 Å². The summed E-state index contributed by atoms with van der Waals surface area (Å²) in [6.45, 7) is 3.33.